The summed E-state index contributed by atoms with van der Waals surface area (Å²) in [5.74, 6) is 0.636. The van der Waals surface area contributed by atoms with Crippen molar-refractivity contribution >= 4 is 21.4 Å². The lowest BCUT2D eigenvalue weighted by Crippen LogP contribution is -2.26. The number of thiophene rings is 1. The van der Waals surface area contributed by atoms with E-state index >= 15 is 0 Å². The summed E-state index contributed by atoms with van der Waals surface area (Å²) in [5, 5.41) is 7.98. The highest BCUT2D eigenvalue weighted by Crippen LogP contribution is 2.32. The average Bonchev–Trinajstić information content (AvgIpc) is 3.23. The highest BCUT2D eigenvalue weighted by molar-refractivity contribution is 7.91. The van der Waals surface area contributed by atoms with Gasteiger partial charge in [0.2, 0.25) is 0 Å². The van der Waals surface area contributed by atoms with Gasteiger partial charge >= 0.3 is 0 Å². The first-order chi connectivity index (χ1) is 11.3. The van der Waals surface area contributed by atoms with Gasteiger partial charge in [-0.1, -0.05) is 5.16 Å². The highest BCUT2D eigenvalue weighted by atomic mass is 32.2. The van der Waals surface area contributed by atoms with Crippen molar-refractivity contribution in [2.75, 3.05) is 7.05 Å². The fourth-order valence-corrected chi connectivity index (χ4v) is 4.98. The Hall–Kier alpha value is -1.97. The van der Waals surface area contributed by atoms with Crippen molar-refractivity contribution < 1.29 is 12.9 Å². The Labute approximate surface area is 144 Å². The maximum Gasteiger partial charge on any atom is 0.252 e. The van der Waals surface area contributed by atoms with Gasteiger partial charge in [-0.05, 0) is 26.0 Å². The van der Waals surface area contributed by atoms with Crippen LogP contribution in [0.15, 0.2) is 33.3 Å². The van der Waals surface area contributed by atoms with Gasteiger partial charge in [-0.3, -0.25) is 4.68 Å². The number of aromatic nitrogens is 3. The first-order valence-corrected chi connectivity index (χ1v) is 9.51. The summed E-state index contributed by atoms with van der Waals surface area (Å²) in [6, 6.07) is 3.43. The van der Waals surface area contributed by atoms with Crippen molar-refractivity contribution in [1.82, 2.24) is 19.2 Å². The van der Waals surface area contributed by atoms with Gasteiger partial charge in [-0.2, -0.15) is 9.40 Å². The van der Waals surface area contributed by atoms with Crippen LogP contribution in [0.2, 0.25) is 0 Å². The van der Waals surface area contributed by atoms with Crippen molar-refractivity contribution in [3.63, 3.8) is 0 Å². The molecule has 3 rings (SSSR count). The Balaban J connectivity index is 1.86. The number of hydrogen-bond donors (Lipinski definition) is 0. The maximum atomic E-state index is 12.8. The van der Waals surface area contributed by atoms with Crippen molar-refractivity contribution in [2.24, 2.45) is 7.05 Å². The molecule has 0 N–H and O–H groups in total. The molecule has 0 saturated heterocycles. The van der Waals surface area contributed by atoms with Crippen molar-refractivity contribution in [3.8, 4) is 10.4 Å². The van der Waals surface area contributed by atoms with Crippen LogP contribution < -0.4 is 0 Å². The predicted molar refractivity (Wildman–Crippen MR) is 91.2 cm³/mol. The molecule has 0 amide bonds. The smallest absolute Gasteiger partial charge is 0.252 e. The fraction of sp³-hybridized carbons (Fsp3) is 0.333. The molecule has 0 aliphatic rings. The SMILES string of the molecule is Cc1noc(C)c1CN(C)S(=O)(=O)c1ccc(-c2cnn(C)c2)s1. The van der Waals surface area contributed by atoms with Gasteiger partial charge < -0.3 is 4.52 Å². The van der Waals surface area contributed by atoms with Crippen molar-refractivity contribution in [3.05, 3.63) is 41.5 Å². The standard InChI is InChI=1S/C15H18N4O3S2/c1-10-13(11(2)22-17-10)9-19(4)24(20,21)15-6-5-14(23-15)12-7-16-18(3)8-12/h5-8H,9H2,1-4H3. The molecule has 0 fully saturated rings. The van der Waals surface area contributed by atoms with Crippen LogP contribution in [0.3, 0.4) is 0 Å². The normalized spacial score (nSPS) is 12.2. The number of hydrogen-bond acceptors (Lipinski definition) is 6. The number of nitrogens with zero attached hydrogens (tertiary/aromatic N) is 4. The molecule has 7 nitrogen and oxygen atoms in total. The van der Waals surface area contributed by atoms with E-state index in [9.17, 15) is 8.42 Å². The molecule has 3 heterocycles. The number of rotatable bonds is 5. The lowest BCUT2D eigenvalue weighted by atomic mass is 10.2. The van der Waals surface area contributed by atoms with Crippen LogP contribution in [0, 0.1) is 13.8 Å². The molecule has 0 saturated carbocycles. The lowest BCUT2D eigenvalue weighted by Gasteiger charge is -2.15. The minimum Gasteiger partial charge on any atom is -0.361 e. The van der Waals surface area contributed by atoms with Gasteiger partial charge in [0.25, 0.3) is 10.0 Å². The van der Waals surface area contributed by atoms with Crippen LogP contribution in [0.1, 0.15) is 17.0 Å². The Morgan fingerprint density at radius 3 is 2.67 bits per heavy atom. The fourth-order valence-electron chi connectivity index (χ4n) is 2.35. The van der Waals surface area contributed by atoms with Gasteiger partial charge in [0.05, 0.1) is 11.9 Å². The number of aryl methyl sites for hydroxylation is 3. The van der Waals surface area contributed by atoms with E-state index in [2.05, 4.69) is 10.3 Å². The van der Waals surface area contributed by atoms with Crippen molar-refractivity contribution in [1.29, 1.82) is 0 Å². The van der Waals surface area contributed by atoms with Crippen LogP contribution in [0.4, 0.5) is 0 Å². The molecule has 0 aromatic carbocycles. The van der Waals surface area contributed by atoms with Gasteiger partial charge in [-0.25, -0.2) is 8.42 Å². The molecule has 0 atom stereocenters. The van der Waals surface area contributed by atoms with Crippen LogP contribution in [0.5, 0.6) is 0 Å². The topological polar surface area (TPSA) is 81.2 Å². The molecule has 128 valence electrons. The molecule has 0 spiro atoms. The summed E-state index contributed by atoms with van der Waals surface area (Å²) in [7, 11) is -0.188. The molecule has 0 aliphatic heterocycles. The summed E-state index contributed by atoms with van der Waals surface area (Å²) in [6.45, 7) is 3.81. The third kappa shape index (κ3) is 3.02. The molecule has 0 bridgehead atoms. The summed E-state index contributed by atoms with van der Waals surface area (Å²) < 4.78 is 34.0. The summed E-state index contributed by atoms with van der Waals surface area (Å²) in [6.07, 6.45) is 3.58. The second-order valence-corrected chi connectivity index (χ2v) is 8.94. The predicted octanol–water partition coefficient (Wildman–Crippen LogP) is 2.57. The minimum absolute atomic E-state index is 0.226. The molecule has 3 aromatic heterocycles. The summed E-state index contributed by atoms with van der Waals surface area (Å²) in [5.41, 5.74) is 2.40. The molecule has 3 aromatic rings. The number of sulfonamides is 1. The lowest BCUT2D eigenvalue weighted by molar-refractivity contribution is 0.390. The van der Waals surface area contributed by atoms with Crippen molar-refractivity contribution in [2.45, 2.75) is 24.6 Å². The molecular weight excluding hydrogens is 348 g/mol. The third-order valence-corrected chi connectivity index (χ3v) is 7.20. The van der Waals surface area contributed by atoms with E-state index in [1.807, 2.05) is 13.2 Å². The second kappa shape index (κ2) is 6.15. The molecule has 0 unspecified atom stereocenters. The average molecular weight is 366 g/mol. The summed E-state index contributed by atoms with van der Waals surface area (Å²) in [4.78, 5) is 0.868. The van der Waals surface area contributed by atoms with Crippen LogP contribution in [-0.2, 0) is 23.6 Å². The minimum atomic E-state index is -3.57. The third-order valence-electron chi connectivity index (χ3n) is 3.80. The second-order valence-electron chi connectivity index (χ2n) is 5.59. The zero-order chi connectivity index (χ0) is 17.5. The van der Waals surface area contributed by atoms with E-state index in [1.54, 1.807) is 43.9 Å². The Kier molecular flexibility index (Phi) is 4.33. The van der Waals surface area contributed by atoms with E-state index in [0.29, 0.717) is 15.7 Å². The first kappa shape index (κ1) is 16.9. The highest BCUT2D eigenvalue weighted by Gasteiger charge is 2.25. The van der Waals surface area contributed by atoms with E-state index in [0.717, 1.165) is 16.0 Å². The zero-order valence-electron chi connectivity index (χ0n) is 13.8. The van der Waals surface area contributed by atoms with E-state index in [4.69, 9.17) is 4.52 Å². The summed E-state index contributed by atoms with van der Waals surface area (Å²) >= 11 is 1.23. The Bertz CT molecular complexity index is 949. The molecule has 0 radical (unpaired) electrons. The maximum absolute atomic E-state index is 12.8. The van der Waals surface area contributed by atoms with Gasteiger partial charge in [0.1, 0.15) is 9.97 Å². The van der Waals surface area contributed by atoms with Crippen LogP contribution >= 0.6 is 11.3 Å². The van der Waals surface area contributed by atoms with Crippen LogP contribution in [0.25, 0.3) is 10.4 Å². The molecular formula is C15H18N4O3S2. The van der Waals surface area contributed by atoms with E-state index in [-0.39, 0.29) is 6.54 Å². The quantitative estimate of drug-likeness (QED) is 0.693. The largest absolute Gasteiger partial charge is 0.361 e. The van der Waals surface area contributed by atoms with E-state index in [1.165, 1.54) is 15.6 Å². The zero-order valence-corrected chi connectivity index (χ0v) is 15.5. The van der Waals surface area contributed by atoms with Gasteiger partial charge in [0, 0.05) is 42.8 Å². The van der Waals surface area contributed by atoms with Gasteiger partial charge in [0.15, 0.2) is 0 Å². The Morgan fingerprint density at radius 1 is 1.33 bits per heavy atom. The van der Waals surface area contributed by atoms with Crippen LogP contribution in [-0.4, -0.2) is 34.7 Å². The molecule has 9 heteroatoms. The van der Waals surface area contributed by atoms with Gasteiger partial charge in [-0.15, -0.1) is 11.3 Å². The Morgan fingerprint density at radius 2 is 2.08 bits per heavy atom. The molecule has 24 heavy (non-hydrogen) atoms. The monoisotopic (exact) mass is 366 g/mol. The molecule has 0 aliphatic carbocycles. The van der Waals surface area contributed by atoms with E-state index < -0.39 is 10.0 Å². The first-order valence-electron chi connectivity index (χ1n) is 7.26.